The van der Waals surface area contributed by atoms with Gasteiger partial charge in [0, 0.05) is 31.6 Å². The fourth-order valence-corrected chi connectivity index (χ4v) is 5.33. The molecule has 2 unspecified atom stereocenters. The van der Waals surface area contributed by atoms with Crippen LogP contribution in [0.2, 0.25) is 0 Å². The third kappa shape index (κ3) is 3.26. The molecule has 0 spiro atoms. The minimum Gasteiger partial charge on any atom is -0.195 e. The van der Waals surface area contributed by atoms with E-state index in [9.17, 15) is 8.42 Å². The van der Waals surface area contributed by atoms with Crippen LogP contribution in [0.15, 0.2) is 0 Å². The maximum atomic E-state index is 12.7. The molecule has 0 amide bonds. The monoisotopic (exact) mass is 308 g/mol. The molecule has 2 heterocycles. The average molecular weight is 309 g/mol. The number of alkyl halides is 1. The van der Waals surface area contributed by atoms with Crippen molar-refractivity contribution >= 4 is 21.8 Å². The van der Waals surface area contributed by atoms with Gasteiger partial charge in [0.25, 0.3) is 10.2 Å². The molecule has 0 aromatic rings. The standard InChI is InChI=1S/C13H25ClN2O2S/c1-11-4-3-7-16(12(11)2)19(17,18)15-8-5-13(10-14)6-9-15/h11-13H,3-10H2,1-2H3. The molecule has 0 N–H and O–H groups in total. The smallest absolute Gasteiger partial charge is 0.195 e. The predicted octanol–water partition coefficient (Wildman–Crippen LogP) is 2.30. The molecule has 2 atom stereocenters. The van der Waals surface area contributed by atoms with Gasteiger partial charge in [0.2, 0.25) is 0 Å². The summed E-state index contributed by atoms with van der Waals surface area (Å²) in [6, 6.07) is 0.115. The van der Waals surface area contributed by atoms with Crippen molar-refractivity contribution in [1.82, 2.24) is 8.61 Å². The normalized spacial score (nSPS) is 32.6. The Labute approximate surface area is 122 Å². The van der Waals surface area contributed by atoms with Crippen molar-refractivity contribution in [3.63, 3.8) is 0 Å². The summed E-state index contributed by atoms with van der Waals surface area (Å²) < 4.78 is 28.8. The fourth-order valence-electron chi connectivity index (χ4n) is 3.07. The zero-order chi connectivity index (χ0) is 14.0. The molecule has 0 radical (unpaired) electrons. The van der Waals surface area contributed by atoms with E-state index in [0.717, 1.165) is 25.7 Å². The van der Waals surface area contributed by atoms with Gasteiger partial charge < -0.3 is 0 Å². The van der Waals surface area contributed by atoms with E-state index in [1.165, 1.54) is 0 Å². The number of hydrogen-bond donors (Lipinski definition) is 0. The lowest BCUT2D eigenvalue weighted by Crippen LogP contribution is -2.53. The van der Waals surface area contributed by atoms with Crippen molar-refractivity contribution in [3.8, 4) is 0 Å². The van der Waals surface area contributed by atoms with Gasteiger partial charge in [0.05, 0.1) is 0 Å². The van der Waals surface area contributed by atoms with Gasteiger partial charge in [0.1, 0.15) is 0 Å². The van der Waals surface area contributed by atoms with Gasteiger partial charge in [-0.3, -0.25) is 0 Å². The lowest BCUT2D eigenvalue weighted by atomic mass is 9.94. The van der Waals surface area contributed by atoms with Crippen LogP contribution in [0.25, 0.3) is 0 Å². The van der Waals surface area contributed by atoms with Gasteiger partial charge in [0.15, 0.2) is 0 Å². The first kappa shape index (κ1) is 15.5. The third-order valence-corrected chi connectivity index (χ3v) is 7.29. The summed E-state index contributed by atoms with van der Waals surface area (Å²) in [4.78, 5) is 0. The summed E-state index contributed by atoms with van der Waals surface area (Å²) in [6.07, 6.45) is 3.88. The molecular weight excluding hydrogens is 284 g/mol. The largest absolute Gasteiger partial charge is 0.282 e. The minimum absolute atomic E-state index is 0.115. The highest BCUT2D eigenvalue weighted by Crippen LogP contribution is 2.29. The number of nitrogens with zero attached hydrogens (tertiary/aromatic N) is 2. The Balaban J connectivity index is 2.05. The average Bonchev–Trinajstić information content (AvgIpc) is 2.41. The second-order valence-corrected chi connectivity index (χ2v) is 8.17. The molecule has 2 saturated heterocycles. The molecule has 0 aliphatic carbocycles. The molecule has 112 valence electrons. The van der Waals surface area contributed by atoms with Crippen LogP contribution in [0.4, 0.5) is 0 Å². The number of rotatable bonds is 3. The molecule has 2 aliphatic heterocycles. The highest BCUT2D eigenvalue weighted by molar-refractivity contribution is 7.86. The molecule has 2 aliphatic rings. The summed E-state index contributed by atoms with van der Waals surface area (Å²) in [5.74, 6) is 1.57. The van der Waals surface area contributed by atoms with E-state index in [4.69, 9.17) is 11.6 Å². The molecule has 4 nitrogen and oxygen atoms in total. The zero-order valence-corrected chi connectivity index (χ0v) is 13.5. The van der Waals surface area contributed by atoms with E-state index >= 15 is 0 Å². The van der Waals surface area contributed by atoms with Crippen LogP contribution < -0.4 is 0 Å². The summed E-state index contributed by atoms with van der Waals surface area (Å²) in [6.45, 7) is 6.09. The van der Waals surface area contributed by atoms with Gasteiger partial charge >= 0.3 is 0 Å². The van der Waals surface area contributed by atoms with Gasteiger partial charge in [-0.2, -0.15) is 17.0 Å². The maximum absolute atomic E-state index is 12.7. The van der Waals surface area contributed by atoms with E-state index in [0.29, 0.717) is 37.4 Å². The predicted molar refractivity (Wildman–Crippen MR) is 78.5 cm³/mol. The van der Waals surface area contributed by atoms with Crippen LogP contribution in [0.1, 0.15) is 39.5 Å². The minimum atomic E-state index is -3.28. The Bertz CT molecular complexity index is 393. The topological polar surface area (TPSA) is 40.6 Å². The second kappa shape index (κ2) is 6.29. The van der Waals surface area contributed by atoms with E-state index in [1.807, 2.05) is 6.92 Å². The lowest BCUT2D eigenvalue weighted by Gasteiger charge is -2.41. The molecule has 0 bridgehead atoms. The van der Waals surface area contributed by atoms with Gasteiger partial charge in [-0.05, 0) is 44.4 Å². The van der Waals surface area contributed by atoms with E-state index in [-0.39, 0.29) is 6.04 Å². The summed E-state index contributed by atoms with van der Waals surface area (Å²) >= 11 is 5.85. The number of hydrogen-bond acceptors (Lipinski definition) is 2. The Morgan fingerprint density at radius 3 is 2.32 bits per heavy atom. The van der Waals surface area contributed by atoms with Gasteiger partial charge in [-0.15, -0.1) is 11.6 Å². The Morgan fingerprint density at radius 1 is 1.11 bits per heavy atom. The van der Waals surface area contributed by atoms with Crippen LogP contribution in [0.5, 0.6) is 0 Å². The van der Waals surface area contributed by atoms with E-state index in [1.54, 1.807) is 8.61 Å². The van der Waals surface area contributed by atoms with Gasteiger partial charge in [-0.1, -0.05) is 6.92 Å². The summed E-state index contributed by atoms with van der Waals surface area (Å²) in [5.41, 5.74) is 0. The molecule has 6 heteroatoms. The SMILES string of the molecule is CC1CCCN(S(=O)(=O)N2CCC(CCl)CC2)C1C. The Kier molecular flexibility index (Phi) is 5.15. The molecule has 0 aromatic heterocycles. The molecule has 0 saturated carbocycles. The fraction of sp³-hybridized carbons (Fsp3) is 1.00. The third-order valence-electron chi connectivity index (χ3n) is 4.73. The first-order valence-electron chi connectivity index (χ1n) is 7.29. The van der Waals surface area contributed by atoms with Gasteiger partial charge in [-0.25, -0.2) is 0 Å². The molecule has 2 fully saturated rings. The van der Waals surface area contributed by atoms with Crippen molar-refractivity contribution in [2.75, 3.05) is 25.5 Å². The zero-order valence-electron chi connectivity index (χ0n) is 11.9. The van der Waals surface area contributed by atoms with E-state index < -0.39 is 10.2 Å². The molecule has 19 heavy (non-hydrogen) atoms. The van der Waals surface area contributed by atoms with Crippen LogP contribution in [0.3, 0.4) is 0 Å². The molecule has 2 rings (SSSR count). The van der Waals surface area contributed by atoms with Crippen LogP contribution in [0, 0.1) is 11.8 Å². The highest BCUT2D eigenvalue weighted by Gasteiger charge is 2.38. The second-order valence-electron chi connectivity index (χ2n) is 5.98. The number of piperidine rings is 2. The highest BCUT2D eigenvalue weighted by atomic mass is 35.5. The van der Waals surface area contributed by atoms with E-state index in [2.05, 4.69) is 6.92 Å². The first-order chi connectivity index (χ1) is 8.96. The quantitative estimate of drug-likeness (QED) is 0.751. The van der Waals surface area contributed by atoms with Crippen molar-refractivity contribution < 1.29 is 8.42 Å². The first-order valence-corrected chi connectivity index (χ1v) is 9.23. The van der Waals surface area contributed by atoms with Crippen molar-refractivity contribution in [3.05, 3.63) is 0 Å². The molecular formula is C13H25ClN2O2S. The lowest BCUT2D eigenvalue weighted by molar-refractivity contribution is 0.180. The Hall–Kier alpha value is 0.160. The maximum Gasteiger partial charge on any atom is 0.282 e. The van der Waals surface area contributed by atoms with Crippen molar-refractivity contribution in [1.29, 1.82) is 0 Å². The van der Waals surface area contributed by atoms with Crippen molar-refractivity contribution in [2.24, 2.45) is 11.8 Å². The van der Waals surface area contributed by atoms with Crippen LogP contribution in [-0.4, -0.2) is 48.6 Å². The van der Waals surface area contributed by atoms with Crippen LogP contribution >= 0.6 is 11.6 Å². The summed E-state index contributed by atoms with van der Waals surface area (Å²) in [5, 5.41) is 0. The summed E-state index contributed by atoms with van der Waals surface area (Å²) in [7, 11) is -3.28. The Morgan fingerprint density at radius 2 is 1.74 bits per heavy atom. The molecule has 0 aromatic carbocycles. The van der Waals surface area contributed by atoms with Crippen molar-refractivity contribution in [2.45, 2.75) is 45.6 Å². The van der Waals surface area contributed by atoms with Crippen LogP contribution in [-0.2, 0) is 10.2 Å². The number of halogens is 1.